The zero-order valence-electron chi connectivity index (χ0n) is 16.7. The Kier molecular flexibility index (Phi) is 17.3. The van der Waals surface area contributed by atoms with Crippen LogP contribution in [0.2, 0.25) is 0 Å². The Bertz CT molecular complexity index is 321. The third-order valence-corrected chi connectivity index (χ3v) is 4.32. The lowest BCUT2D eigenvalue weighted by Gasteiger charge is -2.26. The van der Waals surface area contributed by atoms with E-state index in [9.17, 15) is 0 Å². The number of likely N-dealkylation sites (tertiary alicyclic amines) is 1. The highest BCUT2D eigenvalue weighted by Gasteiger charge is 2.08. The number of nitrogens with zero attached hydrogens (tertiary/aromatic N) is 2. The molecule has 5 nitrogen and oxygen atoms in total. The SMILES string of the molecule is CN=C(NCCCCCN1CCCCC1)NCCCOCC(C)C.I. The number of piperidine rings is 1. The van der Waals surface area contributed by atoms with Crippen LogP contribution in [-0.2, 0) is 4.74 Å². The van der Waals surface area contributed by atoms with Crippen molar-refractivity contribution in [2.75, 3.05) is 53.0 Å². The molecule has 1 aliphatic heterocycles. The standard InChI is InChI=1S/C19H40N4O.HI/c1-18(2)17-24-16-10-12-22-19(20-3)21-11-6-4-7-13-23-14-8-5-9-15-23;/h18H,4-17H2,1-3H3,(H2,20,21,22);1H. The molecule has 0 amide bonds. The van der Waals surface area contributed by atoms with E-state index < -0.39 is 0 Å². The summed E-state index contributed by atoms with van der Waals surface area (Å²) in [6.07, 6.45) is 9.06. The largest absolute Gasteiger partial charge is 0.381 e. The Labute approximate surface area is 172 Å². The molecule has 0 aromatic heterocycles. The van der Waals surface area contributed by atoms with Crippen molar-refractivity contribution in [3.05, 3.63) is 0 Å². The number of rotatable bonds is 12. The lowest BCUT2D eigenvalue weighted by Crippen LogP contribution is -2.38. The smallest absolute Gasteiger partial charge is 0.190 e. The molecular weight excluding hydrogens is 427 g/mol. The number of unbranched alkanes of at least 4 members (excludes halogenated alkanes) is 2. The highest BCUT2D eigenvalue weighted by molar-refractivity contribution is 14.0. The minimum Gasteiger partial charge on any atom is -0.381 e. The van der Waals surface area contributed by atoms with Crippen LogP contribution in [0.3, 0.4) is 0 Å². The summed E-state index contributed by atoms with van der Waals surface area (Å²) in [7, 11) is 1.83. The minimum atomic E-state index is 0. The summed E-state index contributed by atoms with van der Waals surface area (Å²) in [4.78, 5) is 6.89. The highest BCUT2D eigenvalue weighted by Crippen LogP contribution is 2.09. The highest BCUT2D eigenvalue weighted by atomic mass is 127. The maximum absolute atomic E-state index is 5.58. The maximum Gasteiger partial charge on any atom is 0.190 e. The first-order valence-corrected chi connectivity index (χ1v) is 9.97. The number of guanidine groups is 1. The van der Waals surface area contributed by atoms with Crippen LogP contribution in [0.1, 0.15) is 58.8 Å². The van der Waals surface area contributed by atoms with Crippen LogP contribution >= 0.6 is 24.0 Å². The Morgan fingerprint density at radius 3 is 2.32 bits per heavy atom. The summed E-state index contributed by atoms with van der Waals surface area (Å²) in [6.45, 7) is 11.8. The van der Waals surface area contributed by atoms with Gasteiger partial charge in [-0.1, -0.05) is 26.7 Å². The average molecular weight is 468 g/mol. The van der Waals surface area contributed by atoms with E-state index in [2.05, 4.69) is 34.4 Å². The van der Waals surface area contributed by atoms with Gasteiger partial charge in [0.25, 0.3) is 0 Å². The van der Waals surface area contributed by atoms with E-state index in [1.807, 2.05) is 7.05 Å². The van der Waals surface area contributed by atoms with Crippen molar-refractivity contribution in [1.29, 1.82) is 0 Å². The number of hydrogen-bond donors (Lipinski definition) is 2. The van der Waals surface area contributed by atoms with Gasteiger partial charge in [-0.2, -0.15) is 0 Å². The molecular formula is C19H41IN4O. The summed E-state index contributed by atoms with van der Waals surface area (Å²) >= 11 is 0. The summed E-state index contributed by atoms with van der Waals surface area (Å²) < 4.78 is 5.58. The lowest BCUT2D eigenvalue weighted by molar-refractivity contribution is 0.108. The van der Waals surface area contributed by atoms with Gasteiger partial charge in [0.15, 0.2) is 5.96 Å². The van der Waals surface area contributed by atoms with Crippen molar-refractivity contribution in [2.24, 2.45) is 10.9 Å². The lowest BCUT2D eigenvalue weighted by atomic mass is 10.1. The van der Waals surface area contributed by atoms with Crippen LogP contribution in [0.5, 0.6) is 0 Å². The topological polar surface area (TPSA) is 48.9 Å². The fourth-order valence-electron chi connectivity index (χ4n) is 2.95. The maximum atomic E-state index is 5.58. The molecule has 2 N–H and O–H groups in total. The van der Waals surface area contributed by atoms with E-state index in [4.69, 9.17) is 4.74 Å². The Morgan fingerprint density at radius 1 is 1.00 bits per heavy atom. The van der Waals surface area contributed by atoms with Crippen LogP contribution in [0.15, 0.2) is 4.99 Å². The molecule has 0 aliphatic carbocycles. The van der Waals surface area contributed by atoms with Crippen LogP contribution in [0.25, 0.3) is 0 Å². The molecule has 1 rings (SSSR count). The second-order valence-electron chi connectivity index (χ2n) is 7.21. The first-order valence-electron chi connectivity index (χ1n) is 9.97. The molecule has 25 heavy (non-hydrogen) atoms. The number of aliphatic imine (C=N–C) groups is 1. The molecule has 150 valence electrons. The number of hydrogen-bond acceptors (Lipinski definition) is 3. The van der Waals surface area contributed by atoms with Gasteiger partial charge in [-0.05, 0) is 57.7 Å². The van der Waals surface area contributed by atoms with Gasteiger partial charge in [0, 0.05) is 33.4 Å². The van der Waals surface area contributed by atoms with Gasteiger partial charge in [-0.3, -0.25) is 4.99 Å². The van der Waals surface area contributed by atoms with Crippen molar-refractivity contribution >= 4 is 29.9 Å². The van der Waals surface area contributed by atoms with E-state index in [-0.39, 0.29) is 24.0 Å². The minimum absolute atomic E-state index is 0. The normalized spacial score (nSPS) is 15.9. The van der Waals surface area contributed by atoms with Gasteiger partial charge in [0.2, 0.25) is 0 Å². The van der Waals surface area contributed by atoms with E-state index in [0.29, 0.717) is 5.92 Å². The van der Waals surface area contributed by atoms with Crippen molar-refractivity contribution in [1.82, 2.24) is 15.5 Å². The molecule has 1 aliphatic rings. The molecule has 6 heteroatoms. The van der Waals surface area contributed by atoms with Gasteiger partial charge >= 0.3 is 0 Å². The molecule has 1 saturated heterocycles. The van der Waals surface area contributed by atoms with E-state index >= 15 is 0 Å². The molecule has 0 atom stereocenters. The summed E-state index contributed by atoms with van der Waals surface area (Å²) in [5.41, 5.74) is 0. The monoisotopic (exact) mass is 468 g/mol. The van der Waals surface area contributed by atoms with E-state index in [1.165, 1.54) is 58.2 Å². The predicted octanol–water partition coefficient (Wildman–Crippen LogP) is 3.49. The molecule has 0 saturated carbocycles. The van der Waals surface area contributed by atoms with Gasteiger partial charge in [0.05, 0.1) is 0 Å². The third-order valence-electron chi connectivity index (χ3n) is 4.32. The van der Waals surface area contributed by atoms with Crippen molar-refractivity contribution in [2.45, 2.75) is 58.8 Å². The number of ether oxygens (including phenoxy) is 1. The quantitative estimate of drug-likeness (QED) is 0.199. The summed E-state index contributed by atoms with van der Waals surface area (Å²) in [6, 6.07) is 0. The van der Waals surface area contributed by atoms with Crippen LogP contribution in [0.4, 0.5) is 0 Å². The molecule has 1 fully saturated rings. The number of halogens is 1. The van der Waals surface area contributed by atoms with Gasteiger partial charge in [-0.15, -0.1) is 24.0 Å². The van der Waals surface area contributed by atoms with Gasteiger partial charge in [0.1, 0.15) is 0 Å². The van der Waals surface area contributed by atoms with Crippen molar-refractivity contribution in [3.8, 4) is 0 Å². The van der Waals surface area contributed by atoms with Crippen molar-refractivity contribution in [3.63, 3.8) is 0 Å². The predicted molar refractivity (Wildman–Crippen MR) is 119 cm³/mol. The fourth-order valence-corrected chi connectivity index (χ4v) is 2.95. The average Bonchev–Trinajstić information content (AvgIpc) is 2.59. The molecule has 0 aromatic rings. The zero-order chi connectivity index (χ0) is 17.5. The third kappa shape index (κ3) is 14.7. The van der Waals surface area contributed by atoms with E-state index in [1.54, 1.807) is 0 Å². The Morgan fingerprint density at radius 2 is 1.68 bits per heavy atom. The first-order chi connectivity index (χ1) is 11.7. The number of nitrogens with one attached hydrogen (secondary N) is 2. The second kappa shape index (κ2) is 17.3. The molecule has 0 spiro atoms. The van der Waals surface area contributed by atoms with E-state index in [0.717, 1.165) is 38.7 Å². The second-order valence-corrected chi connectivity index (χ2v) is 7.21. The fraction of sp³-hybridized carbons (Fsp3) is 0.947. The van der Waals surface area contributed by atoms with Gasteiger partial charge < -0.3 is 20.3 Å². The van der Waals surface area contributed by atoms with Crippen LogP contribution < -0.4 is 10.6 Å². The summed E-state index contributed by atoms with van der Waals surface area (Å²) in [5, 5.41) is 6.75. The Balaban J connectivity index is 0.00000576. The van der Waals surface area contributed by atoms with Crippen LogP contribution in [-0.4, -0.2) is 63.8 Å². The Hall–Kier alpha value is -0.0800. The molecule has 0 aromatic carbocycles. The zero-order valence-corrected chi connectivity index (χ0v) is 19.0. The molecule has 0 unspecified atom stereocenters. The molecule has 0 bridgehead atoms. The molecule has 1 heterocycles. The van der Waals surface area contributed by atoms with Crippen molar-refractivity contribution < 1.29 is 4.74 Å². The van der Waals surface area contributed by atoms with Gasteiger partial charge in [-0.25, -0.2) is 0 Å². The summed E-state index contributed by atoms with van der Waals surface area (Å²) in [5.74, 6) is 1.53. The first kappa shape index (κ1) is 24.9. The molecule has 0 radical (unpaired) electrons. The van der Waals surface area contributed by atoms with Crippen LogP contribution in [0, 0.1) is 5.92 Å².